The van der Waals surface area contributed by atoms with E-state index in [0.717, 1.165) is 32.4 Å². The van der Waals surface area contributed by atoms with E-state index < -0.39 is 0 Å². The van der Waals surface area contributed by atoms with Crippen LogP contribution in [0.4, 0.5) is 0 Å². The topological polar surface area (TPSA) is 50.4 Å². The third-order valence-electron chi connectivity index (χ3n) is 3.37. The molecule has 0 aliphatic carbocycles. The molecule has 0 aromatic carbocycles. The molecule has 0 aromatic rings. The average molecular weight is 212 g/mol. The molecule has 1 amide bonds. The van der Waals surface area contributed by atoms with Gasteiger partial charge in [0.1, 0.15) is 0 Å². The number of hydrogen-bond donors (Lipinski definition) is 2. The summed E-state index contributed by atoms with van der Waals surface area (Å²) in [6.07, 6.45) is 3.07. The molecule has 2 fully saturated rings. The predicted molar refractivity (Wildman–Crippen MR) is 57.6 cm³/mol. The summed E-state index contributed by atoms with van der Waals surface area (Å²) in [7, 11) is 0. The van der Waals surface area contributed by atoms with Crippen LogP contribution >= 0.6 is 0 Å². The molecule has 0 aromatic heterocycles. The van der Waals surface area contributed by atoms with Crippen molar-refractivity contribution in [3.63, 3.8) is 0 Å². The number of carbonyl (C=O) groups is 1. The zero-order chi connectivity index (χ0) is 10.7. The highest BCUT2D eigenvalue weighted by Crippen LogP contribution is 2.16. The van der Waals surface area contributed by atoms with E-state index in [1.807, 2.05) is 0 Å². The summed E-state index contributed by atoms with van der Waals surface area (Å²) in [4.78, 5) is 11.9. The van der Waals surface area contributed by atoms with Crippen molar-refractivity contribution in [2.45, 2.75) is 38.3 Å². The minimum absolute atomic E-state index is 0.145. The van der Waals surface area contributed by atoms with Gasteiger partial charge < -0.3 is 15.4 Å². The Hall–Kier alpha value is -0.610. The Morgan fingerprint density at radius 1 is 1.47 bits per heavy atom. The lowest BCUT2D eigenvalue weighted by Crippen LogP contribution is -2.45. The minimum Gasteiger partial charge on any atom is -0.379 e. The zero-order valence-corrected chi connectivity index (χ0v) is 9.29. The second-order valence-electron chi connectivity index (χ2n) is 4.56. The van der Waals surface area contributed by atoms with Gasteiger partial charge in [-0.1, -0.05) is 0 Å². The minimum atomic E-state index is 0.145. The highest BCUT2D eigenvalue weighted by molar-refractivity contribution is 5.80. The summed E-state index contributed by atoms with van der Waals surface area (Å²) >= 11 is 0. The first kappa shape index (κ1) is 10.9. The molecule has 3 atom stereocenters. The lowest BCUT2D eigenvalue weighted by Gasteiger charge is -2.25. The number of ether oxygens (including phenoxy) is 1. The van der Waals surface area contributed by atoms with Crippen molar-refractivity contribution in [1.29, 1.82) is 0 Å². The van der Waals surface area contributed by atoms with E-state index in [-0.39, 0.29) is 17.9 Å². The SMILES string of the molecule is CC1NCCC1C(=O)NC1CCCOC1. The maximum absolute atomic E-state index is 11.9. The van der Waals surface area contributed by atoms with Crippen molar-refractivity contribution in [3.8, 4) is 0 Å². The molecule has 2 aliphatic rings. The van der Waals surface area contributed by atoms with E-state index in [9.17, 15) is 4.79 Å². The Morgan fingerprint density at radius 3 is 2.93 bits per heavy atom. The third-order valence-corrected chi connectivity index (χ3v) is 3.37. The van der Waals surface area contributed by atoms with Crippen molar-refractivity contribution in [2.24, 2.45) is 5.92 Å². The lowest BCUT2D eigenvalue weighted by molar-refractivity contribution is -0.126. The number of amides is 1. The van der Waals surface area contributed by atoms with Gasteiger partial charge >= 0.3 is 0 Å². The van der Waals surface area contributed by atoms with Gasteiger partial charge in [0.05, 0.1) is 18.6 Å². The van der Waals surface area contributed by atoms with Crippen LogP contribution in [-0.2, 0) is 9.53 Å². The number of carbonyl (C=O) groups excluding carboxylic acids is 1. The van der Waals surface area contributed by atoms with Gasteiger partial charge in [-0.15, -0.1) is 0 Å². The fraction of sp³-hybridized carbons (Fsp3) is 0.909. The van der Waals surface area contributed by atoms with Gasteiger partial charge in [0.25, 0.3) is 0 Å². The molecule has 2 aliphatic heterocycles. The maximum atomic E-state index is 11.9. The van der Waals surface area contributed by atoms with Crippen LogP contribution in [0.3, 0.4) is 0 Å². The summed E-state index contributed by atoms with van der Waals surface area (Å²) in [6.45, 7) is 4.56. The molecule has 4 heteroatoms. The molecule has 2 rings (SSSR count). The van der Waals surface area contributed by atoms with Gasteiger partial charge in [0.15, 0.2) is 0 Å². The fourth-order valence-electron chi connectivity index (χ4n) is 2.38. The van der Waals surface area contributed by atoms with Crippen LogP contribution < -0.4 is 10.6 Å². The lowest BCUT2D eigenvalue weighted by atomic mass is 10.00. The second kappa shape index (κ2) is 4.94. The Bertz CT molecular complexity index is 227. The van der Waals surface area contributed by atoms with Gasteiger partial charge in [-0.05, 0) is 32.7 Å². The molecular formula is C11H20N2O2. The molecular weight excluding hydrogens is 192 g/mol. The maximum Gasteiger partial charge on any atom is 0.225 e. The molecule has 15 heavy (non-hydrogen) atoms. The Balaban J connectivity index is 1.80. The summed E-state index contributed by atoms with van der Waals surface area (Å²) in [5.41, 5.74) is 0. The number of hydrogen-bond acceptors (Lipinski definition) is 3. The van der Waals surface area contributed by atoms with E-state index >= 15 is 0 Å². The van der Waals surface area contributed by atoms with Crippen LogP contribution in [0, 0.1) is 5.92 Å². The van der Waals surface area contributed by atoms with Crippen LogP contribution in [0.2, 0.25) is 0 Å². The summed E-state index contributed by atoms with van der Waals surface area (Å²) in [5.74, 6) is 0.343. The first-order valence-electron chi connectivity index (χ1n) is 5.89. The molecule has 0 saturated carbocycles. The van der Waals surface area contributed by atoms with Crippen molar-refractivity contribution in [3.05, 3.63) is 0 Å². The van der Waals surface area contributed by atoms with E-state index in [1.165, 1.54) is 0 Å². The zero-order valence-electron chi connectivity index (χ0n) is 9.29. The number of rotatable bonds is 2. The Kier molecular flexibility index (Phi) is 3.59. The van der Waals surface area contributed by atoms with E-state index in [1.54, 1.807) is 0 Å². The van der Waals surface area contributed by atoms with Gasteiger partial charge in [-0.2, -0.15) is 0 Å². The Labute approximate surface area is 90.8 Å². The largest absolute Gasteiger partial charge is 0.379 e. The van der Waals surface area contributed by atoms with Crippen molar-refractivity contribution in [1.82, 2.24) is 10.6 Å². The van der Waals surface area contributed by atoms with E-state index in [4.69, 9.17) is 4.74 Å². The standard InChI is InChI=1S/C11H20N2O2/c1-8-10(4-5-12-8)11(14)13-9-3-2-6-15-7-9/h8-10,12H,2-7H2,1H3,(H,13,14). The van der Waals surface area contributed by atoms with Crippen LogP contribution in [0.1, 0.15) is 26.2 Å². The molecule has 2 N–H and O–H groups in total. The molecule has 4 nitrogen and oxygen atoms in total. The molecule has 86 valence electrons. The van der Waals surface area contributed by atoms with Gasteiger partial charge in [0, 0.05) is 12.6 Å². The first-order valence-corrected chi connectivity index (χ1v) is 5.89. The third kappa shape index (κ3) is 2.69. The fourth-order valence-corrected chi connectivity index (χ4v) is 2.38. The van der Waals surface area contributed by atoms with E-state index in [0.29, 0.717) is 12.6 Å². The average Bonchev–Trinajstić information content (AvgIpc) is 2.66. The normalized spacial score (nSPS) is 36.5. The van der Waals surface area contributed by atoms with Crippen molar-refractivity contribution < 1.29 is 9.53 Å². The number of nitrogens with one attached hydrogen (secondary N) is 2. The summed E-state index contributed by atoms with van der Waals surface area (Å²) in [5, 5.41) is 6.38. The van der Waals surface area contributed by atoms with Crippen LogP contribution in [0.5, 0.6) is 0 Å². The van der Waals surface area contributed by atoms with Crippen LogP contribution in [0.15, 0.2) is 0 Å². The monoisotopic (exact) mass is 212 g/mol. The molecule has 0 spiro atoms. The van der Waals surface area contributed by atoms with Crippen LogP contribution in [0.25, 0.3) is 0 Å². The highest BCUT2D eigenvalue weighted by Gasteiger charge is 2.30. The van der Waals surface area contributed by atoms with Crippen molar-refractivity contribution >= 4 is 5.91 Å². The summed E-state index contributed by atoms with van der Waals surface area (Å²) < 4.78 is 5.34. The first-order chi connectivity index (χ1) is 7.27. The van der Waals surface area contributed by atoms with Gasteiger partial charge in [-0.3, -0.25) is 4.79 Å². The van der Waals surface area contributed by atoms with E-state index in [2.05, 4.69) is 17.6 Å². The second-order valence-corrected chi connectivity index (χ2v) is 4.56. The predicted octanol–water partition coefficient (Wildman–Crippen LogP) is 0.280. The molecule has 0 bridgehead atoms. The molecule has 3 unspecified atom stereocenters. The van der Waals surface area contributed by atoms with Crippen molar-refractivity contribution in [2.75, 3.05) is 19.8 Å². The quantitative estimate of drug-likeness (QED) is 0.691. The smallest absolute Gasteiger partial charge is 0.225 e. The molecule has 0 radical (unpaired) electrons. The van der Waals surface area contributed by atoms with Gasteiger partial charge in [-0.25, -0.2) is 0 Å². The van der Waals surface area contributed by atoms with Crippen LogP contribution in [-0.4, -0.2) is 37.7 Å². The molecule has 2 saturated heterocycles. The Morgan fingerprint density at radius 2 is 2.33 bits per heavy atom. The molecule has 2 heterocycles. The summed E-state index contributed by atoms with van der Waals surface area (Å²) in [6, 6.07) is 0.550. The van der Waals surface area contributed by atoms with Gasteiger partial charge in [0.2, 0.25) is 5.91 Å². The highest BCUT2D eigenvalue weighted by atomic mass is 16.5.